The third kappa shape index (κ3) is 3.45. The molecule has 0 aromatic carbocycles. The second-order valence-electron chi connectivity index (χ2n) is 6.46. The zero-order valence-corrected chi connectivity index (χ0v) is 13.5. The summed E-state index contributed by atoms with van der Waals surface area (Å²) in [5.41, 5.74) is 1.29. The van der Waals surface area contributed by atoms with Gasteiger partial charge in [0.1, 0.15) is 11.6 Å². The molecule has 0 saturated heterocycles. The first-order valence-corrected chi connectivity index (χ1v) is 8.42. The highest BCUT2D eigenvalue weighted by Crippen LogP contribution is 2.25. The Morgan fingerprint density at radius 3 is 2.87 bits per heavy atom. The predicted octanol–water partition coefficient (Wildman–Crippen LogP) is 2.34. The van der Waals surface area contributed by atoms with Crippen LogP contribution in [0, 0.1) is 17.2 Å². The molecular formula is C17H23N5O. The molecule has 0 aliphatic heterocycles. The van der Waals surface area contributed by atoms with Crippen LogP contribution in [-0.2, 0) is 6.54 Å². The molecule has 122 valence electrons. The van der Waals surface area contributed by atoms with Crippen LogP contribution in [0.25, 0.3) is 5.65 Å². The molecule has 0 bridgehead atoms. The van der Waals surface area contributed by atoms with Crippen molar-refractivity contribution < 1.29 is 0 Å². The quantitative estimate of drug-likeness (QED) is 0.848. The van der Waals surface area contributed by atoms with E-state index in [4.69, 9.17) is 5.26 Å². The summed E-state index contributed by atoms with van der Waals surface area (Å²) in [6.07, 6.45) is 9.40. The Hall–Kier alpha value is -2.13. The number of nitrogens with zero attached hydrogens (tertiary/aromatic N) is 3. The van der Waals surface area contributed by atoms with Crippen LogP contribution in [-0.4, -0.2) is 20.6 Å². The topological polar surface area (TPSA) is 86.0 Å². The number of hydrogen-bond acceptors (Lipinski definition) is 4. The third-order valence-electron chi connectivity index (χ3n) is 4.88. The summed E-state index contributed by atoms with van der Waals surface area (Å²) in [7, 11) is 0. The first-order valence-electron chi connectivity index (χ1n) is 8.42. The van der Waals surface area contributed by atoms with Crippen molar-refractivity contribution in [1.82, 2.24) is 19.9 Å². The van der Waals surface area contributed by atoms with E-state index in [1.54, 1.807) is 0 Å². The number of hydrogen-bond donors (Lipinski definition) is 2. The number of rotatable bonds is 4. The largest absolute Gasteiger partial charge is 0.308 e. The number of H-pyrrole nitrogens is 1. The number of aromatic amines is 1. The molecule has 0 amide bonds. The van der Waals surface area contributed by atoms with Gasteiger partial charge < -0.3 is 5.32 Å². The molecule has 2 aromatic rings. The Morgan fingerprint density at radius 2 is 2.17 bits per heavy atom. The number of nitriles is 1. The minimum atomic E-state index is -0.185. The summed E-state index contributed by atoms with van der Waals surface area (Å²) in [4.78, 5) is 16.5. The molecule has 23 heavy (non-hydrogen) atoms. The van der Waals surface area contributed by atoms with Gasteiger partial charge in [-0.3, -0.25) is 9.89 Å². The maximum absolute atomic E-state index is 12.1. The van der Waals surface area contributed by atoms with Gasteiger partial charge in [-0.25, -0.2) is 9.50 Å². The van der Waals surface area contributed by atoms with Gasteiger partial charge >= 0.3 is 0 Å². The molecule has 1 aliphatic carbocycles. The van der Waals surface area contributed by atoms with Crippen molar-refractivity contribution in [2.24, 2.45) is 5.92 Å². The smallest absolute Gasteiger partial charge is 0.272 e. The highest BCUT2D eigenvalue weighted by Gasteiger charge is 2.19. The molecule has 0 unspecified atom stereocenters. The van der Waals surface area contributed by atoms with Crippen LogP contribution in [0.15, 0.2) is 17.1 Å². The van der Waals surface area contributed by atoms with Crippen molar-refractivity contribution in [3.63, 3.8) is 0 Å². The second-order valence-corrected chi connectivity index (χ2v) is 6.46. The van der Waals surface area contributed by atoms with Crippen LogP contribution in [0.2, 0.25) is 0 Å². The molecule has 0 radical (unpaired) electrons. The van der Waals surface area contributed by atoms with Gasteiger partial charge in [-0.2, -0.15) is 5.26 Å². The van der Waals surface area contributed by atoms with E-state index in [9.17, 15) is 4.79 Å². The van der Waals surface area contributed by atoms with Crippen LogP contribution in [0.1, 0.15) is 56.7 Å². The zero-order chi connectivity index (χ0) is 16.2. The molecule has 1 saturated carbocycles. The molecule has 6 heteroatoms. The Kier molecular flexibility index (Phi) is 4.77. The summed E-state index contributed by atoms with van der Waals surface area (Å²) in [6.45, 7) is 2.78. The molecule has 2 N–H and O–H groups in total. The van der Waals surface area contributed by atoms with E-state index in [-0.39, 0.29) is 5.56 Å². The predicted molar refractivity (Wildman–Crippen MR) is 88.0 cm³/mol. The highest BCUT2D eigenvalue weighted by molar-refractivity contribution is 5.53. The third-order valence-corrected chi connectivity index (χ3v) is 4.88. The average molecular weight is 313 g/mol. The first kappa shape index (κ1) is 15.8. The molecule has 1 aliphatic rings. The minimum absolute atomic E-state index is 0.185. The average Bonchev–Trinajstić information content (AvgIpc) is 2.78. The van der Waals surface area contributed by atoms with E-state index in [0.717, 1.165) is 0 Å². The van der Waals surface area contributed by atoms with Crippen LogP contribution >= 0.6 is 0 Å². The van der Waals surface area contributed by atoms with Crippen LogP contribution in [0.4, 0.5) is 0 Å². The van der Waals surface area contributed by atoms with Crippen molar-refractivity contribution >= 4 is 5.65 Å². The molecule has 3 rings (SSSR count). The van der Waals surface area contributed by atoms with E-state index in [0.29, 0.717) is 35.4 Å². The normalized spacial score (nSPS) is 17.7. The van der Waals surface area contributed by atoms with E-state index < -0.39 is 0 Å². The lowest BCUT2D eigenvalue weighted by atomic mass is 9.93. The maximum Gasteiger partial charge on any atom is 0.272 e. The van der Waals surface area contributed by atoms with Gasteiger partial charge in [-0.1, -0.05) is 25.7 Å². The Balaban J connectivity index is 1.71. The van der Waals surface area contributed by atoms with E-state index >= 15 is 0 Å². The molecule has 1 fully saturated rings. The number of nitrogens with one attached hydrogen (secondary N) is 2. The van der Waals surface area contributed by atoms with Gasteiger partial charge in [0, 0.05) is 24.8 Å². The lowest BCUT2D eigenvalue weighted by molar-refractivity contribution is 0.335. The van der Waals surface area contributed by atoms with Gasteiger partial charge in [-0.15, -0.1) is 0 Å². The van der Waals surface area contributed by atoms with Crippen LogP contribution in [0.5, 0.6) is 0 Å². The highest BCUT2D eigenvalue weighted by atomic mass is 16.1. The van der Waals surface area contributed by atoms with Gasteiger partial charge in [-0.05, 0) is 25.7 Å². The Morgan fingerprint density at radius 1 is 1.43 bits per heavy atom. The molecule has 1 atom stereocenters. The Labute approximate surface area is 135 Å². The fraction of sp³-hybridized carbons (Fsp3) is 0.588. The summed E-state index contributed by atoms with van der Waals surface area (Å²) in [6, 6.07) is 3.99. The van der Waals surface area contributed by atoms with Crippen molar-refractivity contribution in [3.05, 3.63) is 33.9 Å². The summed E-state index contributed by atoms with van der Waals surface area (Å²) in [5.74, 6) is 0.698. The molecule has 2 aromatic heterocycles. The van der Waals surface area contributed by atoms with Crippen molar-refractivity contribution in [2.75, 3.05) is 0 Å². The second kappa shape index (κ2) is 6.97. The Bertz CT molecular complexity index is 761. The summed E-state index contributed by atoms with van der Waals surface area (Å²) >= 11 is 0. The molecule has 0 spiro atoms. The van der Waals surface area contributed by atoms with E-state index in [1.807, 2.05) is 0 Å². The van der Waals surface area contributed by atoms with Crippen molar-refractivity contribution in [3.8, 4) is 6.07 Å². The summed E-state index contributed by atoms with van der Waals surface area (Å²) < 4.78 is 1.30. The van der Waals surface area contributed by atoms with Crippen molar-refractivity contribution in [2.45, 2.75) is 58.0 Å². The SMILES string of the molecule is C[C@@H](NCc1cc(=O)n2[nH]cc(C#N)c2n1)C1CCCCCC1. The monoisotopic (exact) mass is 313 g/mol. The van der Waals surface area contributed by atoms with Gasteiger partial charge in [0.05, 0.1) is 5.69 Å². The molecule has 6 nitrogen and oxygen atoms in total. The lowest BCUT2D eigenvalue weighted by Gasteiger charge is -2.23. The number of aromatic nitrogens is 3. The van der Waals surface area contributed by atoms with Gasteiger partial charge in [0.25, 0.3) is 5.56 Å². The molecule has 2 heterocycles. The maximum atomic E-state index is 12.1. The fourth-order valence-electron chi connectivity index (χ4n) is 3.44. The van der Waals surface area contributed by atoms with Crippen molar-refractivity contribution in [1.29, 1.82) is 5.26 Å². The van der Waals surface area contributed by atoms with Gasteiger partial charge in [0.15, 0.2) is 5.65 Å². The standard InChI is InChI=1S/C17H23N5O/c1-12(13-6-4-2-3-5-7-13)19-11-15-8-16(23)22-17(21-15)14(9-18)10-20-22/h8,10,12-13,19-20H,2-7,11H2,1H3/t12-/m1/s1. The van der Waals surface area contributed by atoms with Crippen LogP contribution < -0.4 is 10.9 Å². The van der Waals surface area contributed by atoms with E-state index in [2.05, 4.69) is 28.4 Å². The minimum Gasteiger partial charge on any atom is -0.308 e. The van der Waals surface area contributed by atoms with Gasteiger partial charge in [0.2, 0.25) is 0 Å². The number of fused-ring (bicyclic) bond motifs is 1. The summed E-state index contributed by atoms with van der Waals surface area (Å²) in [5, 5.41) is 15.4. The fourth-order valence-corrected chi connectivity index (χ4v) is 3.44. The zero-order valence-electron chi connectivity index (χ0n) is 13.5. The van der Waals surface area contributed by atoms with E-state index in [1.165, 1.54) is 55.3 Å². The van der Waals surface area contributed by atoms with Crippen LogP contribution in [0.3, 0.4) is 0 Å². The lowest BCUT2D eigenvalue weighted by Crippen LogP contribution is -2.33. The molecular weight excluding hydrogens is 290 g/mol. The first-order chi connectivity index (χ1) is 11.2.